The largest absolute Gasteiger partial charge is 0.497 e. The van der Waals surface area contributed by atoms with E-state index in [1.165, 1.54) is 0 Å². The van der Waals surface area contributed by atoms with Crippen LogP contribution in [0.3, 0.4) is 0 Å². The molecule has 0 radical (unpaired) electrons. The maximum Gasteiger partial charge on any atom is 0.121 e. The van der Waals surface area contributed by atoms with Crippen molar-refractivity contribution in [3.8, 4) is 5.75 Å². The third-order valence-corrected chi connectivity index (χ3v) is 3.25. The van der Waals surface area contributed by atoms with Crippen LogP contribution >= 0.6 is 0 Å². The molecule has 1 heterocycles. The van der Waals surface area contributed by atoms with E-state index in [2.05, 4.69) is 11.8 Å². The summed E-state index contributed by atoms with van der Waals surface area (Å²) in [6, 6.07) is 5.89. The third kappa shape index (κ3) is 2.52. The van der Waals surface area contributed by atoms with Gasteiger partial charge in [0.05, 0.1) is 37.8 Å². The third-order valence-electron chi connectivity index (χ3n) is 3.25. The number of benzene rings is 1. The predicted molar refractivity (Wildman–Crippen MR) is 71.0 cm³/mol. The molecule has 2 atom stereocenters. The smallest absolute Gasteiger partial charge is 0.121 e. The second-order valence-electron chi connectivity index (χ2n) is 4.56. The number of methoxy groups -OCH3 is 1. The maximum atomic E-state index is 9.19. The summed E-state index contributed by atoms with van der Waals surface area (Å²) in [5.41, 5.74) is 7.70. The van der Waals surface area contributed by atoms with Gasteiger partial charge in [-0.05, 0) is 19.1 Å². The van der Waals surface area contributed by atoms with Gasteiger partial charge >= 0.3 is 0 Å². The highest BCUT2D eigenvalue weighted by molar-refractivity contribution is 5.70. The Labute approximate surface area is 107 Å². The molecule has 0 amide bonds. The van der Waals surface area contributed by atoms with Crippen LogP contribution in [0.15, 0.2) is 18.2 Å². The molecule has 1 aromatic carbocycles. The van der Waals surface area contributed by atoms with Crippen molar-refractivity contribution in [3.05, 3.63) is 18.2 Å². The number of nitrogens with zero attached hydrogens (tertiary/aromatic N) is 1. The zero-order chi connectivity index (χ0) is 13.1. The Hall–Kier alpha value is -1.46. The van der Waals surface area contributed by atoms with Crippen LogP contribution < -0.4 is 15.4 Å². The predicted octanol–water partition coefficient (Wildman–Crippen LogP) is 0.863. The lowest BCUT2D eigenvalue weighted by Crippen LogP contribution is -2.49. The van der Waals surface area contributed by atoms with Gasteiger partial charge in [-0.15, -0.1) is 0 Å². The second kappa shape index (κ2) is 5.46. The number of aliphatic hydroxyl groups is 1. The molecule has 3 N–H and O–H groups in total. The Morgan fingerprint density at radius 3 is 2.94 bits per heavy atom. The van der Waals surface area contributed by atoms with Crippen molar-refractivity contribution in [2.75, 3.05) is 37.5 Å². The minimum absolute atomic E-state index is 0.0271. The van der Waals surface area contributed by atoms with Gasteiger partial charge in [-0.1, -0.05) is 0 Å². The van der Waals surface area contributed by atoms with Crippen LogP contribution in [0.4, 0.5) is 11.4 Å². The molecule has 18 heavy (non-hydrogen) atoms. The van der Waals surface area contributed by atoms with E-state index in [0.29, 0.717) is 18.8 Å². The summed E-state index contributed by atoms with van der Waals surface area (Å²) in [6.07, 6.45) is -0.150. The van der Waals surface area contributed by atoms with E-state index in [1.807, 2.05) is 18.2 Å². The molecule has 2 unspecified atom stereocenters. The molecule has 0 spiro atoms. The number of rotatable bonds is 3. The van der Waals surface area contributed by atoms with Crippen LogP contribution in [0, 0.1) is 0 Å². The Morgan fingerprint density at radius 2 is 2.33 bits per heavy atom. The van der Waals surface area contributed by atoms with E-state index in [9.17, 15) is 5.11 Å². The first kappa shape index (κ1) is 13.0. The summed E-state index contributed by atoms with van der Waals surface area (Å²) in [7, 11) is 1.62. The van der Waals surface area contributed by atoms with Crippen molar-refractivity contribution in [2.45, 2.75) is 19.1 Å². The van der Waals surface area contributed by atoms with Gasteiger partial charge in [-0.3, -0.25) is 0 Å². The number of hydrogen-bond acceptors (Lipinski definition) is 5. The van der Waals surface area contributed by atoms with E-state index in [1.54, 1.807) is 7.11 Å². The van der Waals surface area contributed by atoms with Crippen molar-refractivity contribution in [1.82, 2.24) is 0 Å². The minimum Gasteiger partial charge on any atom is -0.497 e. The second-order valence-corrected chi connectivity index (χ2v) is 4.56. The summed E-state index contributed by atoms with van der Waals surface area (Å²) in [5, 5.41) is 9.19. The molecule has 1 aliphatic heterocycles. The van der Waals surface area contributed by atoms with E-state index < -0.39 is 0 Å². The molecule has 1 aromatic rings. The Bertz CT molecular complexity index is 411. The Kier molecular flexibility index (Phi) is 3.93. The number of morpholine rings is 1. The highest BCUT2D eigenvalue weighted by Gasteiger charge is 2.26. The molecular formula is C13H20N2O3. The van der Waals surface area contributed by atoms with Crippen LogP contribution in [0.25, 0.3) is 0 Å². The summed E-state index contributed by atoms with van der Waals surface area (Å²) in [5.74, 6) is 0.746. The van der Waals surface area contributed by atoms with Crippen molar-refractivity contribution < 1.29 is 14.6 Å². The van der Waals surface area contributed by atoms with E-state index >= 15 is 0 Å². The summed E-state index contributed by atoms with van der Waals surface area (Å²) in [6.45, 7) is 3.35. The maximum absolute atomic E-state index is 9.19. The zero-order valence-electron chi connectivity index (χ0n) is 10.8. The first-order valence-corrected chi connectivity index (χ1v) is 6.08. The number of nitrogens with two attached hydrogens (primary N) is 1. The minimum atomic E-state index is -0.150. The van der Waals surface area contributed by atoms with Gasteiger partial charge in [0.1, 0.15) is 5.75 Å². The van der Waals surface area contributed by atoms with Gasteiger partial charge < -0.3 is 25.2 Å². The van der Waals surface area contributed by atoms with Crippen LogP contribution in [-0.4, -0.2) is 44.1 Å². The van der Waals surface area contributed by atoms with E-state index in [-0.39, 0.29) is 18.8 Å². The van der Waals surface area contributed by atoms with Crippen LogP contribution in [0.1, 0.15) is 6.92 Å². The standard InChI is InChI=1S/C13H20N2O3/c1-9-8-18-11(7-16)6-15(9)13-4-3-10(17-2)5-12(13)14/h3-5,9,11,16H,6-8,14H2,1-2H3. The molecule has 0 saturated carbocycles. The van der Waals surface area contributed by atoms with Gasteiger partial charge in [0.25, 0.3) is 0 Å². The van der Waals surface area contributed by atoms with Crippen molar-refractivity contribution in [3.63, 3.8) is 0 Å². The molecule has 5 nitrogen and oxygen atoms in total. The number of anilines is 2. The first-order valence-electron chi connectivity index (χ1n) is 6.08. The van der Waals surface area contributed by atoms with Crippen molar-refractivity contribution in [1.29, 1.82) is 0 Å². The molecule has 1 aliphatic rings. The highest BCUT2D eigenvalue weighted by Crippen LogP contribution is 2.30. The van der Waals surface area contributed by atoms with Crippen molar-refractivity contribution >= 4 is 11.4 Å². The molecule has 5 heteroatoms. The molecule has 1 fully saturated rings. The van der Waals surface area contributed by atoms with Crippen LogP contribution in [0.5, 0.6) is 5.75 Å². The Balaban J connectivity index is 2.23. The molecular weight excluding hydrogens is 232 g/mol. The highest BCUT2D eigenvalue weighted by atomic mass is 16.5. The number of aliphatic hydroxyl groups excluding tert-OH is 1. The van der Waals surface area contributed by atoms with Gasteiger partial charge in [-0.2, -0.15) is 0 Å². The first-order chi connectivity index (χ1) is 8.65. The normalized spacial score (nSPS) is 24.1. The number of ether oxygens (including phenoxy) is 2. The number of hydrogen-bond donors (Lipinski definition) is 2. The van der Waals surface area contributed by atoms with Gasteiger partial charge in [0.15, 0.2) is 0 Å². The molecule has 100 valence electrons. The van der Waals surface area contributed by atoms with E-state index in [4.69, 9.17) is 15.2 Å². The lowest BCUT2D eigenvalue weighted by Gasteiger charge is -2.39. The summed E-state index contributed by atoms with van der Waals surface area (Å²) >= 11 is 0. The molecule has 0 aromatic heterocycles. The fourth-order valence-corrected chi connectivity index (χ4v) is 2.18. The fraction of sp³-hybridized carbons (Fsp3) is 0.538. The lowest BCUT2D eigenvalue weighted by atomic mass is 10.1. The van der Waals surface area contributed by atoms with Gasteiger partial charge in [0, 0.05) is 18.7 Å². The molecule has 2 rings (SSSR count). The lowest BCUT2D eigenvalue weighted by molar-refractivity contribution is -0.0102. The quantitative estimate of drug-likeness (QED) is 0.781. The van der Waals surface area contributed by atoms with Gasteiger partial charge in [0.2, 0.25) is 0 Å². The average molecular weight is 252 g/mol. The summed E-state index contributed by atoms with van der Waals surface area (Å²) < 4.78 is 10.7. The van der Waals surface area contributed by atoms with Crippen LogP contribution in [0.2, 0.25) is 0 Å². The Morgan fingerprint density at radius 1 is 1.56 bits per heavy atom. The zero-order valence-corrected chi connectivity index (χ0v) is 10.8. The number of nitrogen functional groups attached to an aromatic ring is 1. The monoisotopic (exact) mass is 252 g/mol. The molecule has 0 bridgehead atoms. The van der Waals surface area contributed by atoms with E-state index in [0.717, 1.165) is 11.4 Å². The summed E-state index contributed by atoms with van der Waals surface area (Å²) in [4.78, 5) is 2.17. The fourth-order valence-electron chi connectivity index (χ4n) is 2.18. The van der Waals surface area contributed by atoms with Gasteiger partial charge in [-0.25, -0.2) is 0 Å². The molecule has 1 saturated heterocycles. The average Bonchev–Trinajstić information content (AvgIpc) is 2.39. The topological polar surface area (TPSA) is 68.0 Å². The van der Waals surface area contributed by atoms with Crippen LogP contribution in [-0.2, 0) is 4.74 Å². The molecule has 0 aliphatic carbocycles. The SMILES string of the molecule is COc1ccc(N2CC(CO)OCC2C)c(N)c1. The van der Waals surface area contributed by atoms with Crippen molar-refractivity contribution in [2.24, 2.45) is 0 Å².